The van der Waals surface area contributed by atoms with E-state index >= 15 is 0 Å². The molecule has 0 aliphatic carbocycles. The molecule has 0 spiro atoms. The van der Waals surface area contributed by atoms with E-state index in [-0.39, 0.29) is 12.1 Å². The molecule has 68 valence electrons. The van der Waals surface area contributed by atoms with E-state index in [4.69, 9.17) is 16.2 Å². The third kappa shape index (κ3) is 2.50. The van der Waals surface area contributed by atoms with Crippen LogP contribution in [-0.4, -0.2) is 24.4 Å². The van der Waals surface area contributed by atoms with Crippen LogP contribution in [0.25, 0.3) is 0 Å². The van der Waals surface area contributed by atoms with Crippen LogP contribution in [0.5, 0.6) is 0 Å². The molecule has 12 heavy (non-hydrogen) atoms. The van der Waals surface area contributed by atoms with Crippen LogP contribution in [0.2, 0.25) is 0 Å². The first kappa shape index (κ1) is 8.99. The zero-order valence-corrected chi connectivity index (χ0v) is 7.16. The van der Waals surface area contributed by atoms with Crippen molar-refractivity contribution in [3.63, 3.8) is 0 Å². The number of nitrogens with zero attached hydrogens (tertiary/aromatic N) is 2. The lowest BCUT2D eigenvalue weighted by atomic mass is 10.2. The van der Waals surface area contributed by atoms with E-state index in [0.29, 0.717) is 0 Å². The van der Waals surface area contributed by atoms with Gasteiger partial charge in [-0.2, -0.15) is 5.10 Å². The van der Waals surface area contributed by atoms with Crippen molar-refractivity contribution < 1.29 is 4.74 Å². The van der Waals surface area contributed by atoms with E-state index in [0.717, 1.165) is 25.2 Å². The number of rotatable bonds is 2. The average molecular weight is 170 g/mol. The molecule has 0 aromatic heterocycles. The molecular formula is C7H14N4O. The van der Waals surface area contributed by atoms with Gasteiger partial charge in [-0.05, 0) is 19.8 Å². The van der Waals surface area contributed by atoms with Crippen molar-refractivity contribution in [3.8, 4) is 0 Å². The summed E-state index contributed by atoms with van der Waals surface area (Å²) >= 11 is 0. The fourth-order valence-corrected chi connectivity index (χ4v) is 1.11. The molecule has 5 nitrogen and oxygen atoms in total. The maximum atomic E-state index is 5.37. The second-order valence-corrected chi connectivity index (χ2v) is 2.77. The molecule has 0 aromatic rings. The molecule has 1 rings (SSSR count). The second kappa shape index (κ2) is 4.06. The summed E-state index contributed by atoms with van der Waals surface area (Å²) < 4.78 is 5.37. The Morgan fingerprint density at radius 2 is 2.17 bits per heavy atom. The SMILES string of the molecule is C/C(=N\N=C(N)N)C1CCCO1. The largest absolute Gasteiger partial charge is 0.372 e. The van der Waals surface area contributed by atoms with E-state index in [1.807, 2.05) is 6.92 Å². The van der Waals surface area contributed by atoms with Crippen molar-refractivity contribution in [2.45, 2.75) is 25.9 Å². The second-order valence-electron chi connectivity index (χ2n) is 2.77. The van der Waals surface area contributed by atoms with E-state index in [9.17, 15) is 0 Å². The summed E-state index contributed by atoms with van der Waals surface area (Å²) in [5, 5.41) is 7.38. The Hall–Kier alpha value is -1.10. The minimum Gasteiger partial charge on any atom is -0.372 e. The first-order valence-corrected chi connectivity index (χ1v) is 3.95. The van der Waals surface area contributed by atoms with Gasteiger partial charge in [0.15, 0.2) is 0 Å². The summed E-state index contributed by atoms with van der Waals surface area (Å²) in [6, 6.07) is 0. The predicted octanol–water partition coefficient (Wildman–Crippen LogP) is -0.185. The minimum absolute atomic E-state index is 0.0210. The smallest absolute Gasteiger partial charge is 0.211 e. The zero-order chi connectivity index (χ0) is 8.97. The van der Waals surface area contributed by atoms with Crippen molar-refractivity contribution in [3.05, 3.63) is 0 Å². The number of guanidine groups is 1. The van der Waals surface area contributed by atoms with Crippen LogP contribution in [-0.2, 0) is 4.74 Å². The Morgan fingerprint density at radius 3 is 2.67 bits per heavy atom. The number of ether oxygens (including phenoxy) is 1. The molecule has 1 saturated heterocycles. The summed E-state index contributed by atoms with van der Waals surface area (Å²) in [5.41, 5.74) is 11.1. The molecule has 1 unspecified atom stereocenters. The Morgan fingerprint density at radius 1 is 1.42 bits per heavy atom. The number of hydrogen-bond donors (Lipinski definition) is 2. The molecule has 1 aliphatic heterocycles. The molecule has 1 heterocycles. The van der Waals surface area contributed by atoms with Crippen LogP contribution < -0.4 is 11.5 Å². The third-order valence-electron chi connectivity index (χ3n) is 1.72. The van der Waals surface area contributed by atoms with Crippen molar-refractivity contribution in [2.24, 2.45) is 21.7 Å². The van der Waals surface area contributed by atoms with E-state index < -0.39 is 0 Å². The Kier molecular flexibility index (Phi) is 3.04. The minimum atomic E-state index is -0.0210. The van der Waals surface area contributed by atoms with Crippen LogP contribution >= 0.6 is 0 Å². The van der Waals surface area contributed by atoms with Crippen LogP contribution in [0.15, 0.2) is 10.2 Å². The molecule has 5 heteroatoms. The topological polar surface area (TPSA) is 86.0 Å². The van der Waals surface area contributed by atoms with Gasteiger partial charge in [-0.3, -0.25) is 0 Å². The third-order valence-corrected chi connectivity index (χ3v) is 1.72. The van der Waals surface area contributed by atoms with Gasteiger partial charge in [0.2, 0.25) is 5.96 Å². The summed E-state index contributed by atoms with van der Waals surface area (Å²) in [6.07, 6.45) is 2.20. The Labute approximate surface area is 71.5 Å². The number of nitrogens with two attached hydrogens (primary N) is 2. The fraction of sp³-hybridized carbons (Fsp3) is 0.714. The van der Waals surface area contributed by atoms with Crippen LogP contribution in [0.4, 0.5) is 0 Å². The first-order valence-electron chi connectivity index (χ1n) is 3.95. The van der Waals surface area contributed by atoms with Crippen LogP contribution in [0.1, 0.15) is 19.8 Å². The molecule has 0 saturated carbocycles. The van der Waals surface area contributed by atoms with Gasteiger partial charge in [0.25, 0.3) is 0 Å². The summed E-state index contributed by atoms with van der Waals surface area (Å²) in [6.45, 7) is 2.67. The normalized spacial score (nSPS) is 24.1. The molecule has 0 amide bonds. The quantitative estimate of drug-likeness (QED) is 0.342. The van der Waals surface area contributed by atoms with Crippen molar-refractivity contribution in [1.82, 2.24) is 0 Å². The number of hydrogen-bond acceptors (Lipinski definition) is 3. The predicted molar refractivity (Wildman–Crippen MR) is 47.9 cm³/mol. The van der Waals surface area contributed by atoms with Gasteiger partial charge in [0.1, 0.15) is 0 Å². The van der Waals surface area contributed by atoms with Crippen molar-refractivity contribution >= 4 is 11.7 Å². The maximum Gasteiger partial charge on any atom is 0.211 e. The highest BCUT2D eigenvalue weighted by Crippen LogP contribution is 2.13. The van der Waals surface area contributed by atoms with Gasteiger partial charge in [-0.1, -0.05) is 0 Å². The molecule has 4 N–H and O–H groups in total. The van der Waals surface area contributed by atoms with Gasteiger partial charge in [0, 0.05) is 6.61 Å². The summed E-state index contributed by atoms with van der Waals surface area (Å²) in [4.78, 5) is 0. The average Bonchev–Trinajstić information content (AvgIpc) is 2.51. The molecule has 1 aliphatic rings. The Balaban J connectivity index is 2.50. The molecule has 0 aromatic carbocycles. The first-order chi connectivity index (χ1) is 5.70. The monoisotopic (exact) mass is 170 g/mol. The highest BCUT2D eigenvalue weighted by atomic mass is 16.5. The van der Waals surface area contributed by atoms with E-state index in [1.165, 1.54) is 0 Å². The zero-order valence-electron chi connectivity index (χ0n) is 7.16. The van der Waals surface area contributed by atoms with Gasteiger partial charge in [0.05, 0.1) is 11.8 Å². The standard InChI is InChI=1S/C7H14N4O/c1-5(10-11-7(8)9)6-3-2-4-12-6/h6H,2-4H2,1H3,(H4,8,9,11)/b10-5+. The highest BCUT2D eigenvalue weighted by Gasteiger charge is 2.18. The molecule has 1 fully saturated rings. The van der Waals surface area contributed by atoms with Crippen molar-refractivity contribution in [2.75, 3.05) is 6.61 Å². The van der Waals surface area contributed by atoms with Crippen LogP contribution in [0.3, 0.4) is 0 Å². The molecule has 0 bridgehead atoms. The van der Waals surface area contributed by atoms with Crippen molar-refractivity contribution in [1.29, 1.82) is 0 Å². The van der Waals surface area contributed by atoms with E-state index in [2.05, 4.69) is 10.2 Å². The molecular weight excluding hydrogens is 156 g/mol. The summed E-state index contributed by atoms with van der Waals surface area (Å²) in [5.74, 6) is -0.0210. The fourth-order valence-electron chi connectivity index (χ4n) is 1.11. The van der Waals surface area contributed by atoms with E-state index in [1.54, 1.807) is 0 Å². The highest BCUT2D eigenvalue weighted by molar-refractivity contribution is 5.87. The van der Waals surface area contributed by atoms with Gasteiger partial charge >= 0.3 is 0 Å². The molecule has 1 atom stereocenters. The lowest BCUT2D eigenvalue weighted by Gasteiger charge is -2.05. The Bertz CT molecular complexity index is 201. The lowest BCUT2D eigenvalue weighted by Crippen LogP contribution is -2.23. The maximum absolute atomic E-state index is 5.37. The molecule has 0 radical (unpaired) electrons. The van der Waals surface area contributed by atoms with Gasteiger partial charge in [-0.15, -0.1) is 5.10 Å². The van der Waals surface area contributed by atoms with Gasteiger partial charge in [-0.25, -0.2) is 0 Å². The van der Waals surface area contributed by atoms with Crippen LogP contribution in [0, 0.1) is 0 Å². The lowest BCUT2D eigenvalue weighted by molar-refractivity contribution is 0.158. The summed E-state index contributed by atoms with van der Waals surface area (Å²) in [7, 11) is 0. The van der Waals surface area contributed by atoms with Gasteiger partial charge < -0.3 is 16.2 Å².